The first-order valence-corrected chi connectivity index (χ1v) is 6.54. The summed E-state index contributed by atoms with van der Waals surface area (Å²) >= 11 is 0. The summed E-state index contributed by atoms with van der Waals surface area (Å²) in [5.74, 6) is 1.27. The molecule has 1 fully saturated rings. The van der Waals surface area contributed by atoms with Crippen LogP contribution in [0.2, 0.25) is 0 Å². The van der Waals surface area contributed by atoms with Gasteiger partial charge in [-0.2, -0.15) is 5.10 Å². The topological polar surface area (TPSA) is 63.9 Å². The number of nitrogens with zero attached hydrogens (tertiary/aromatic N) is 5. The largest absolute Gasteiger partial charge is 0.356 e. The fourth-order valence-corrected chi connectivity index (χ4v) is 2.72. The third kappa shape index (κ3) is 2.07. The van der Waals surface area contributed by atoms with Gasteiger partial charge in [-0.3, -0.25) is 9.48 Å². The number of hydrogen-bond donors (Lipinski definition) is 0. The fraction of sp³-hybridized carbons (Fsp3) is 0.538. The predicted molar refractivity (Wildman–Crippen MR) is 72.0 cm³/mol. The van der Waals surface area contributed by atoms with E-state index >= 15 is 0 Å². The van der Waals surface area contributed by atoms with Crippen LogP contribution in [0.3, 0.4) is 0 Å². The zero-order valence-electron chi connectivity index (χ0n) is 11.2. The minimum Gasteiger partial charge on any atom is -0.356 e. The molecule has 6 nitrogen and oxygen atoms in total. The maximum Gasteiger partial charge on any atom is 0.163 e. The summed E-state index contributed by atoms with van der Waals surface area (Å²) < 4.78 is 1.75. The number of rotatable bonds is 2. The minimum absolute atomic E-state index is 0.371. The quantitative estimate of drug-likeness (QED) is 0.813. The highest BCUT2D eigenvalue weighted by atomic mass is 16.1. The lowest BCUT2D eigenvalue weighted by molar-refractivity contribution is -0.120. The van der Waals surface area contributed by atoms with E-state index in [2.05, 4.69) is 20.0 Å². The van der Waals surface area contributed by atoms with E-state index in [1.54, 1.807) is 17.2 Å². The van der Waals surface area contributed by atoms with Gasteiger partial charge in [-0.05, 0) is 12.8 Å². The van der Waals surface area contributed by atoms with Crippen LogP contribution in [0, 0.1) is 0 Å². The van der Waals surface area contributed by atoms with Crippen LogP contribution in [0.4, 0.5) is 5.82 Å². The third-order valence-electron chi connectivity index (χ3n) is 3.90. The molecule has 100 valence electrons. The molecule has 0 N–H and O–H groups in total. The second-order valence-corrected chi connectivity index (χ2v) is 5.08. The number of Topliss-reactive ketones (excluding diaryl/α,β-unsaturated/α-hetero) is 1. The number of aromatic nitrogens is 4. The van der Waals surface area contributed by atoms with Crippen molar-refractivity contribution in [1.82, 2.24) is 19.7 Å². The summed E-state index contributed by atoms with van der Waals surface area (Å²) in [5.41, 5.74) is 0.837. The van der Waals surface area contributed by atoms with E-state index in [4.69, 9.17) is 0 Å². The number of fused-ring (bicyclic) bond motifs is 1. The van der Waals surface area contributed by atoms with Gasteiger partial charge in [0.1, 0.15) is 17.9 Å². The summed E-state index contributed by atoms with van der Waals surface area (Å²) in [6.45, 7) is 0. The van der Waals surface area contributed by atoms with Crippen molar-refractivity contribution in [3.8, 4) is 0 Å². The molecule has 0 atom stereocenters. The van der Waals surface area contributed by atoms with Gasteiger partial charge in [0.05, 0.1) is 11.6 Å². The smallest absolute Gasteiger partial charge is 0.163 e. The van der Waals surface area contributed by atoms with Crippen LogP contribution < -0.4 is 4.90 Å². The maximum atomic E-state index is 11.3. The Hall–Kier alpha value is -1.98. The van der Waals surface area contributed by atoms with E-state index in [0.29, 0.717) is 24.7 Å². The molecule has 0 bridgehead atoms. The van der Waals surface area contributed by atoms with Crippen LogP contribution in [0.25, 0.3) is 11.0 Å². The molecule has 6 heteroatoms. The van der Waals surface area contributed by atoms with Gasteiger partial charge in [0.25, 0.3) is 0 Å². The van der Waals surface area contributed by atoms with Crippen LogP contribution in [0.15, 0.2) is 12.5 Å². The molecular weight excluding hydrogens is 242 g/mol. The highest BCUT2D eigenvalue weighted by molar-refractivity contribution is 5.87. The van der Waals surface area contributed by atoms with Crippen molar-refractivity contribution in [1.29, 1.82) is 0 Å². The van der Waals surface area contributed by atoms with Gasteiger partial charge in [0.2, 0.25) is 0 Å². The normalized spacial score (nSPS) is 17.1. The fourth-order valence-electron chi connectivity index (χ4n) is 2.72. The van der Waals surface area contributed by atoms with Gasteiger partial charge in [-0.25, -0.2) is 9.97 Å². The van der Waals surface area contributed by atoms with Crippen molar-refractivity contribution >= 4 is 22.6 Å². The first-order valence-electron chi connectivity index (χ1n) is 6.54. The molecule has 0 aromatic carbocycles. The van der Waals surface area contributed by atoms with Gasteiger partial charge in [-0.1, -0.05) is 0 Å². The van der Waals surface area contributed by atoms with Crippen LogP contribution in [0.1, 0.15) is 25.7 Å². The molecule has 3 rings (SSSR count). The first-order chi connectivity index (χ1) is 9.16. The molecule has 1 saturated carbocycles. The van der Waals surface area contributed by atoms with Crippen molar-refractivity contribution in [2.24, 2.45) is 7.05 Å². The van der Waals surface area contributed by atoms with Gasteiger partial charge >= 0.3 is 0 Å². The Balaban J connectivity index is 1.93. The Bertz CT molecular complexity index is 611. The molecule has 0 spiro atoms. The van der Waals surface area contributed by atoms with E-state index in [0.717, 1.165) is 29.7 Å². The molecule has 2 heterocycles. The molecule has 2 aromatic heterocycles. The van der Waals surface area contributed by atoms with Gasteiger partial charge < -0.3 is 4.90 Å². The zero-order valence-corrected chi connectivity index (χ0v) is 11.2. The highest BCUT2D eigenvalue weighted by Gasteiger charge is 2.24. The molecule has 0 radical (unpaired) electrons. The summed E-state index contributed by atoms with van der Waals surface area (Å²) in [4.78, 5) is 22.1. The van der Waals surface area contributed by atoms with Crippen molar-refractivity contribution in [2.45, 2.75) is 31.7 Å². The standard InChI is InChI=1S/C13H17N5O/c1-17(9-3-5-10(19)6-4-9)12-11-7-16-18(2)13(11)15-8-14-12/h7-9H,3-6H2,1-2H3. The summed E-state index contributed by atoms with van der Waals surface area (Å²) in [6.07, 6.45) is 6.54. The van der Waals surface area contributed by atoms with Crippen LogP contribution in [0.5, 0.6) is 0 Å². The highest BCUT2D eigenvalue weighted by Crippen LogP contribution is 2.27. The Labute approximate surface area is 111 Å². The van der Waals surface area contributed by atoms with E-state index in [1.807, 2.05) is 14.1 Å². The number of ketones is 1. The predicted octanol–water partition coefficient (Wildman–Crippen LogP) is 1.31. The molecule has 0 unspecified atom stereocenters. The Morgan fingerprint density at radius 2 is 2.05 bits per heavy atom. The minimum atomic E-state index is 0.371. The van der Waals surface area contributed by atoms with Crippen LogP contribution in [-0.4, -0.2) is 38.6 Å². The Morgan fingerprint density at radius 3 is 2.79 bits per heavy atom. The first kappa shape index (κ1) is 12.1. The lowest BCUT2D eigenvalue weighted by Crippen LogP contribution is -2.35. The number of carbonyl (C=O) groups excluding carboxylic acids is 1. The summed E-state index contributed by atoms with van der Waals surface area (Å²) in [6, 6.07) is 0.371. The Kier molecular flexibility index (Phi) is 2.93. The molecular formula is C13H17N5O. The number of anilines is 1. The van der Waals surface area contributed by atoms with E-state index in [1.165, 1.54) is 0 Å². The second-order valence-electron chi connectivity index (χ2n) is 5.08. The van der Waals surface area contributed by atoms with Gasteiger partial charge in [-0.15, -0.1) is 0 Å². The van der Waals surface area contributed by atoms with E-state index in [-0.39, 0.29) is 0 Å². The van der Waals surface area contributed by atoms with Crippen molar-refractivity contribution in [3.05, 3.63) is 12.5 Å². The van der Waals surface area contributed by atoms with Crippen LogP contribution >= 0.6 is 0 Å². The molecule has 19 heavy (non-hydrogen) atoms. The average molecular weight is 259 g/mol. The lowest BCUT2D eigenvalue weighted by atomic mass is 9.93. The Morgan fingerprint density at radius 1 is 1.32 bits per heavy atom. The summed E-state index contributed by atoms with van der Waals surface area (Å²) in [5, 5.41) is 5.19. The van der Waals surface area contributed by atoms with Crippen LogP contribution in [-0.2, 0) is 11.8 Å². The molecule has 1 aliphatic rings. The number of hydrogen-bond acceptors (Lipinski definition) is 5. The molecule has 0 saturated heterocycles. The van der Waals surface area contributed by atoms with Crippen molar-refractivity contribution < 1.29 is 4.79 Å². The van der Waals surface area contributed by atoms with E-state index < -0.39 is 0 Å². The molecule has 0 amide bonds. The lowest BCUT2D eigenvalue weighted by Gasteiger charge is -2.31. The maximum absolute atomic E-state index is 11.3. The number of aryl methyl sites for hydroxylation is 1. The number of carbonyl (C=O) groups is 1. The third-order valence-corrected chi connectivity index (χ3v) is 3.90. The SMILES string of the molecule is CN(c1ncnc2c1cnn2C)C1CCC(=O)CC1. The van der Waals surface area contributed by atoms with Gasteiger partial charge in [0.15, 0.2) is 5.65 Å². The van der Waals surface area contributed by atoms with Crippen molar-refractivity contribution in [2.75, 3.05) is 11.9 Å². The average Bonchev–Trinajstić information content (AvgIpc) is 2.81. The van der Waals surface area contributed by atoms with E-state index in [9.17, 15) is 4.79 Å². The molecule has 1 aliphatic carbocycles. The van der Waals surface area contributed by atoms with Crippen molar-refractivity contribution in [3.63, 3.8) is 0 Å². The zero-order chi connectivity index (χ0) is 13.4. The molecule has 0 aliphatic heterocycles. The second kappa shape index (κ2) is 4.60. The molecule has 2 aromatic rings. The van der Waals surface area contributed by atoms with Gasteiger partial charge in [0, 0.05) is 33.0 Å². The summed E-state index contributed by atoms with van der Waals surface area (Å²) in [7, 11) is 3.91. The monoisotopic (exact) mass is 259 g/mol.